The van der Waals surface area contributed by atoms with Crippen molar-refractivity contribution in [3.8, 4) is 17.6 Å². The molecule has 3 rings (SSSR count). The van der Waals surface area contributed by atoms with Gasteiger partial charge in [0.1, 0.15) is 18.2 Å². The predicted octanol–water partition coefficient (Wildman–Crippen LogP) is 7.04. The van der Waals surface area contributed by atoms with Crippen LogP contribution in [0.1, 0.15) is 29.2 Å². The highest BCUT2D eigenvalue weighted by atomic mass is 127. The van der Waals surface area contributed by atoms with Crippen molar-refractivity contribution in [1.29, 1.82) is 5.26 Å². The highest BCUT2D eigenvalue weighted by molar-refractivity contribution is 14.1. The second kappa shape index (κ2) is 12.2. The molecule has 174 valence electrons. The third-order valence-electron chi connectivity index (χ3n) is 5.16. The van der Waals surface area contributed by atoms with Gasteiger partial charge >= 0.3 is 0 Å². The van der Waals surface area contributed by atoms with Gasteiger partial charge in [-0.05, 0) is 125 Å². The fourth-order valence-electron chi connectivity index (χ4n) is 3.20. The standard InChI is InChI=1S/C27H24I2N2O3/c1-4-33-25-14-20(13-23(29)26(25)34-16-19-8-10-22(28)11-9-19)12-21(15-30)27(32)31-24-7-5-6-17(2)18(24)3/h5-14H,4,16H2,1-3H3,(H,31,32)/b21-12+. The molecule has 0 saturated heterocycles. The molecule has 0 saturated carbocycles. The maximum absolute atomic E-state index is 12.8. The fraction of sp³-hybridized carbons (Fsp3) is 0.185. The lowest BCUT2D eigenvalue weighted by atomic mass is 10.1. The molecule has 0 fully saturated rings. The number of hydrogen-bond acceptors (Lipinski definition) is 4. The van der Waals surface area contributed by atoms with Gasteiger partial charge in [0.25, 0.3) is 5.91 Å². The summed E-state index contributed by atoms with van der Waals surface area (Å²) in [7, 11) is 0. The number of nitrogens with zero attached hydrogens (tertiary/aromatic N) is 1. The number of rotatable bonds is 8. The second-order valence-corrected chi connectivity index (χ2v) is 9.96. The maximum atomic E-state index is 12.8. The highest BCUT2D eigenvalue weighted by Gasteiger charge is 2.15. The Balaban J connectivity index is 1.86. The number of ether oxygens (including phenoxy) is 2. The van der Waals surface area contributed by atoms with Crippen LogP contribution < -0.4 is 14.8 Å². The molecule has 7 heteroatoms. The molecule has 0 atom stereocenters. The molecule has 0 aliphatic rings. The smallest absolute Gasteiger partial charge is 0.266 e. The van der Waals surface area contributed by atoms with Crippen LogP contribution in [0.25, 0.3) is 6.08 Å². The molecule has 34 heavy (non-hydrogen) atoms. The Kier molecular flexibility index (Phi) is 9.36. The summed E-state index contributed by atoms with van der Waals surface area (Å²) in [6.45, 7) is 6.68. The Bertz CT molecular complexity index is 1260. The molecule has 0 bridgehead atoms. The number of nitriles is 1. The van der Waals surface area contributed by atoms with Crippen LogP contribution in [-0.2, 0) is 11.4 Å². The normalized spacial score (nSPS) is 11.0. The van der Waals surface area contributed by atoms with E-state index in [9.17, 15) is 10.1 Å². The third-order valence-corrected chi connectivity index (χ3v) is 6.68. The van der Waals surface area contributed by atoms with E-state index in [0.717, 1.165) is 23.8 Å². The van der Waals surface area contributed by atoms with Crippen LogP contribution in [0.15, 0.2) is 60.2 Å². The minimum atomic E-state index is -0.455. The van der Waals surface area contributed by atoms with Gasteiger partial charge in [-0.1, -0.05) is 24.3 Å². The molecule has 0 unspecified atom stereocenters. The van der Waals surface area contributed by atoms with Crippen LogP contribution in [-0.4, -0.2) is 12.5 Å². The first-order valence-electron chi connectivity index (χ1n) is 10.6. The van der Waals surface area contributed by atoms with Crippen molar-refractivity contribution >= 4 is 62.9 Å². The molecule has 0 aliphatic heterocycles. The van der Waals surface area contributed by atoms with Crippen LogP contribution in [0.2, 0.25) is 0 Å². The van der Waals surface area contributed by atoms with Crippen LogP contribution in [0.5, 0.6) is 11.5 Å². The largest absolute Gasteiger partial charge is 0.490 e. The zero-order chi connectivity index (χ0) is 24.7. The Hall–Kier alpha value is -2.58. The van der Waals surface area contributed by atoms with E-state index < -0.39 is 5.91 Å². The number of aryl methyl sites for hydroxylation is 1. The van der Waals surface area contributed by atoms with Crippen LogP contribution in [0.4, 0.5) is 5.69 Å². The predicted molar refractivity (Wildman–Crippen MR) is 152 cm³/mol. The summed E-state index contributed by atoms with van der Waals surface area (Å²) < 4.78 is 13.9. The van der Waals surface area contributed by atoms with E-state index in [-0.39, 0.29) is 5.57 Å². The zero-order valence-electron chi connectivity index (χ0n) is 19.1. The van der Waals surface area contributed by atoms with E-state index in [1.54, 1.807) is 12.1 Å². The monoisotopic (exact) mass is 678 g/mol. The van der Waals surface area contributed by atoms with Gasteiger partial charge in [0.05, 0.1) is 10.2 Å². The van der Waals surface area contributed by atoms with E-state index in [1.807, 2.05) is 75.4 Å². The molecule has 1 amide bonds. The molecule has 0 spiro atoms. The van der Waals surface area contributed by atoms with Crippen molar-refractivity contribution in [3.63, 3.8) is 0 Å². The molecule has 3 aromatic rings. The zero-order valence-corrected chi connectivity index (χ0v) is 23.4. The first-order chi connectivity index (χ1) is 16.3. The number of halogens is 2. The van der Waals surface area contributed by atoms with E-state index in [0.29, 0.717) is 36.0 Å². The summed E-state index contributed by atoms with van der Waals surface area (Å²) in [5.41, 5.74) is 4.47. The van der Waals surface area contributed by atoms with Crippen LogP contribution in [0, 0.1) is 32.3 Å². The molecule has 0 aliphatic carbocycles. The van der Waals surface area contributed by atoms with Crippen molar-refractivity contribution in [3.05, 3.63) is 89.6 Å². The van der Waals surface area contributed by atoms with Crippen molar-refractivity contribution in [2.75, 3.05) is 11.9 Å². The van der Waals surface area contributed by atoms with Gasteiger partial charge in [0.15, 0.2) is 11.5 Å². The minimum absolute atomic E-state index is 0.00621. The van der Waals surface area contributed by atoms with Crippen molar-refractivity contribution in [2.45, 2.75) is 27.4 Å². The van der Waals surface area contributed by atoms with Gasteiger partial charge in [0.2, 0.25) is 0 Å². The molecular weight excluding hydrogens is 654 g/mol. The number of amides is 1. The molecular formula is C27H24I2N2O3. The van der Waals surface area contributed by atoms with Crippen molar-refractivity contribution in [1.82, 2.24) is 0 Å². The molecule has 0 aromatic heterocycles. The lowest BCUT2D eigenvalue weighted by molar-refractivity contribution is -0.112. The third kappa shape index (κ3) is 6.73. The topological polar surface area (TPSA) is 71.3 Å². The number of carbonyl (C=O) groups is 1. The summed E-state index contributed by atoms with van der Waals surface area (Å²) >= 11 is 4.45. The summed E-state index contributed by atoms with van der Waals surface area (Å²) in [6, 6.07) is 19.5. The van der Waals surface area contributed by atoms with Crippen LogP contribution in [0.3, 0.4) is 0 Å². The Labute approximate surface area is 227 Å². The van der Waals surface area contributed by atoms with Crippen molar-refractivity contribution < 1.29 is 14.3 Å². The van der Waals surface area contributed by atoms with E-state index >= 15 is 0 Å². The van der Waals surface area contributed by atoms with E-state index in [1.165, 1.54) is 0 Å². The average Bonchev–Trinajstić information content (AvgIpc) is 2.81. The molecule has 5 nitrogen and oxygen atoms in total. The van der Waals surface area contributed by atoms with Crippen LogP contribution >= 0.6 is 45.2 Å². The first kappa shape index (κ1) is 26.0. The summed E-state index contributed by atoms with van der Waals surface area (Å²) in [4.78, 5) is 12.8. The second-order valence-electron chi connectivity index (χ2n) is 7.55. The maximum Gasteiger partial charge on any atom is 0.266 e. The number of benzene rings is 3. The lowest BCUT2D eigenvalue weighted by Crippen LogP contribution is -2.14. The summed E-state index contributed by atoms with van der Waals surface area (Å²) in [6.07, 6.45) is 1.56. The first-order valence-corrected chi connectivity index (χ1v) is 12.8. The van der Waals surface area contributed by atoms with E-state index in [2.05, 4.69) is 50.5 Å². The van der Waals surface area contributed by atoms with Gasteiger partial charge in [0, 0.05) is 9.26 Å². The lowest BCUT2D eigenvalue weighted by Gasteiger charge is -2.15. The Morgan fingerprint density at radius 3 is 2.50 bits per heavy atom. The highest BCUT2D eigenvalue weighted by Crippen LogP contribution is 2.35. The minimum Gasteiger partial charge on any atom is -0.490 e. The number of carbonyl (C=O) groups excluding carboxylic acids is 1. The van der Waals surface area contributed by atoms with Gasteiger partial charge in [-0.2, -0.15) is 5.26 Å². The number of anilines is 1. The van der Waals surface area contributed by atoms with Gasteiger partial charge in [-0.25, -0.2) is 0 Å². The number of nitrogens with one attached hydrogen (secondary N) is 1. The van der Waals surface area contributed by atoms with Crippen molar-refractivity contribution in [2.24, 2.45) is 0 Å². The van der Waals surface area contributed by atoms with Gasteiger partial charge < -0.3 is 14.8 Å². The fourth-order valence-corrected chi connectivity index (χ4v) is 4.34. The SMILES string of the molecule is CCOc1cc(/C=C(\C#N)C(=O)Nc2cccc(C)c2C)cc(I)c1OCc1ccc(I)cc1. The summed E-state index contributed by atoms with van der Waals surface area (Å²) in [5, 5.41) is 12.5. The number of hydrogen-bond donors (Lipinski definition) is 1. The Morgan fingerprint density at radius 2 is 1.82 bits per heavy atom. The quantitative estimate of drug-likeness (QED) is 0.158. The molecule has 3 aromatic carbocycles. The average molecular weight is 678 g/mol. The molecule has 0 radical (unpaired) electrons. The van der Waals surface area contributed by atoms with Gasteiger partial charge in [-0.15, -0.1) is 0 Å². The Morgan fingerprint density at radius 1 is 1.09 bits per heavy atom. The molecule has 1 N–H and O–H groups in total. The van der Waals surface area contributed by atoms with Gasteiger partial charge in [-0.3, -0.25) is 4.79 Å². The molecule has 0 heterocycles. The van der Waals surface area contributed by atoms with E-state index in [4.69, 9.17) is 9.47 Å². The summed E-state index contributed by atoms with van der Waals surface area (Å²) in [5.74, 6) is 0.748.